The molecule has 4 heteroatoms. The minimum Gasteiger partial charge on any atom is -0.345 e. The van der Waals surface area contributed by atoms with Gasteiger partial charge in [0.2, 0.25) is 0 Å². The average molecular weight is 270 g/mol. The van der Waals surface area contributed by atoms with Crippen molar-refractivity contribution in [3.05, 3.63) is 53.6 Å². The van der Waals surface area contributed by atoms with Crippen LogP contribution in [0.3, 0.4) is 0 Å². The lowest BCUT2D eigenvalue weighted by Gasteiger charge is -2.39. The summed E-state index contributed by atoms with van der Waals surface area (Å²) in [5.41, 5.74) is 2.53. The Morgan fingerprint density at radius 1 is 1.25 bits per heavy atom. The second kappa shape index (κ2) is 5.77. The summed E-state index contributed by atoms with van der Waals surface area (Å²) in [5, 5.41) is 0. The van der Waals surface area contributed by atoms with E-state index in [1.54, 1.807) is 0 Å². The number of hydrogen-bond donors (Lipinski definition) is 1. The molecule has 0 spiro atoms. The van der Waals surface area contributed by atoms with Crippen LogP contribution in [0.4, 0.5) is 0 Å². The first-order valence-electron chi connectivity index (χ1n) is 7.20. The van der Waals surface area contributed by atoms with Crippen LogP contribution in [0.5, 0.6) is 0 Å². The largest absolute Gasteiger partial charge is 0.345 e. The number of benzene rings is 1. The summed E-state index contributed by atoms with van der Waals surface area (Å²) in [7, 11) is 2.21. The van der Waals surface area contributed by atoms with E-state index in [0.717, 1.165) is 37.7 Å². The molecule has 1 N–H and O–H groups in total. The van der Waals surface area contributed by atoms with Crippen molar-refractivity contribution >= 4 is 0 Å². The summed E-state index contributed by atoms with van der Waals surface area (Å²) in [4.78, 5) is 12.7. The fraction of sp³-hybridized carbons (Fsp3) is 0.438. The number of hydrogen-bond acceptors (Lipinski definition) is 3. The van der Waals surface area contributed by atoms with E-state index in [1.165, 1.54) is 5.56 Å². The highest BCUT2D eigenvalue weighted by atomic mass is 15.3. The molecule has 2 heterocycles. The van der Waals surface area contributed by atoms with Crippen molar-refractivity contribution in [3.8, 4) is 0 Å². The van der Waals surface area contributed by atoms with Gasteiger partial charge in [-0.2, -0.15) is 0 Å². The van der Waals surface area contributed by atoms with E-state index in [0.29, 0.717) is 6.04 Å². The van der Waals surface area contributed by atoms with Gasteiger partial charge in [0.25, 0.3) is 0 Å². The first-order valence-corrected chi connectivity index (χ1v) is 7.20. The minimum absolute atomic E-state index is 0.473. The van der Waals surface area contributed by atoms with Crippen LogP contribution in [-0.4, -0.2) is 46.4 Å². The van der Waals surface area contributed by atoms with Gasteiger partial charge in [-0.15, -0.1) is 0 Å². The fourth-order valence-electron chi connectivity index (χ4n) is 2.87. The molecule has 0 radical (unpaired) electrons. The first-order chi connectivity index (χ1) is 9.72. The summed E-state index contributed by atoms with van der Waals surface area (Å²) in [6.45, 7) is 6.21. The zero-order valence-electron chi connectivity index (χ0n) is 12.2. The molecule has 3 rings (SSSR count). The Kier molecular flexibility index (Phi) is 3.85. The number of piperazine rings is 1. The molecule has 1 aromatic heterocycles. The molecule has 1 unspecified atom stereocenters. The Hall–Kier alpha value is -1.65. The van der Waals surface area contributed by atoms with E-state index >= 15 is 0 Å². The number of aromatic amines is 1. The second-order valence-corrected chi connectivity index (χ2v) is 5.66. The van der Waals surface area contributed by atoms with Crippen molar-refractivity contribution in [3.63, 3.8) is 0 Å². The van der Waals surface area contributed by atoms with Crippen molar-refractivity contribution in [1.29, 1.82) is 0 Å². The molecular formula is C16H22N4. The maximum Gasteiger partial charge on any atom is 0.120 e. The molecule has 1 aliphatic heterocycles. The number of imidazole rings is 1. The minimum atomic E-state index is 0.473. The third-order valence-electron chi connectivity index (χ3n) is 4.05. The Morgan fingerprint density at radius 2 is 2.05 bits per heavy atom. The summed E-state index contributed by atoms with van der Waals surface area (Å²) in [6, 6.07) is 11.2. The molecule has 0 amide bonds. The van der Waals surface area contributed by atoms with E-state index < -0.39 is 0 Å². The van der Waals surface area contributed by atoms with E-state index in [-0.39, 0.29) is 0 Å². The quantitative estimate of drug-likeness (QED) is 0.928. The zero-order chi connectivity index (χ0) is 13.9. The summed E-state index contributed by atoms with van der Waals surface area (Å²) in [6.07, 6.45) is 1.90. The monoisotopic (exact) mass is 270 g/mol. The van der Waals surface area contributed by atoms with Gasteiger partial charge in [0.15, 0.2) is 0 Å². The van der Waals surface area contributed by atoms with Gasteiger partial charge in [-0.05, 0) is 19.5 Å². The lowest BCUT2D eigenvalue weighted by molar-refractivity contribution is 0.0888. The highest BCUT2D eigenvalue weighted by molar-refractivity contribution is 5.20. The number of aromatic nitrogens is 2. The molecule has 1 fully saturated rings. The van der Waals surface area contributed by atoms with Crippen LogP contribution in [0.25, 0.3) is 0 Å². The highest BCUT2D eigenvalue weighted by Gasteiger charge is 2.25. The molecule has 1 atom stereocenters. The number of nitrogens with one attached hydrogen (secondary N) is 1. The van der Waals surface area contributed by atoms with Crippen LogP contribution in [0.2, 0.25) is 0 Å². The third kappa shape index (κ3) is 2.92. The maximum atomic E-state index is 4.42. The second-order valence-electron chi connectivity index (χ2n) is 5.66. The van der Waals surface area contributed by atoms with Crippen molar-refractivity contribution < 1.29 is 0 Å². The van der Waals surface area contributed by atoms with Crippen LogP contribution in [0, 0.1) is 6.92 Å². The molecule has 4 nitrogen and oxygen atoms in total. The molecule has 0 saturated carbocycles. The van der Waals surface area contributed by atoms with Crippen molar-refractivity contribution in [2.45, 2.75) is 19.5 Å². The van der Waals surface area contributed by atoms with Crippen LogP contribution in [0.1, 0.15) is 23.1 Å². The van der Waals surface area contributed by atoms with Gasteiger partial charge in [-0.25, -0.2) is 4.98 Å². The van der Waals surface area contributed by atoms with Crippen LogP contribution < -0.4 is 0 Å². The van der Waals surface area contributed by atoms with Crippen LogP contribution in [0.15, 0.2) is 36.5 Å². The lowest BCUT2D eigenvalue weighted by atomic mass is 10.0. The molecule has 2 aromatic rings. The average Bonchev–Trinajstić information content (AvgIpc) is 2.87. The zero-order valence-corrected chi connectivity index (χ0v) is 12.2. The van der Waals surface area contributed by atoms with Gasteiger partial charge < -0.3 is 4.98 Å². The Bertz CT molecular complexity index is 549. The van der Waals surface area contributed by atoms with Gasteiger partial charge in [0, 0.05) is 37.6 Å². The van der Waals surface area contributed by atoms with Gasteiger partial charge in [0.1, 0.15) is 5.82 Å². The smallest absolute Gasteiger partial charge is 0.120 e. The first kappa shape index (κ1) is 13.3. The molecular weight excluding hydrogens is 248 g/mol. The number of likely N-dealkylation sites (N-methyl/N-ethyl adjacent to an activating group) is 1. The number of aryl methyl sites for hydroxylation is 1. The van der Waals surface area contributed by atoms with Crippen molar-refractivity contribution in [2.75, 3.05) is 26.7 Å². The summed E-state index contributed by atoms with van der Waals surface area (Å²) in [5.74, 6) is 1.07. The van der Waals surface area contributed by atoms with Crippen LogP contribution in [-0.2, 0) is 6.54 Å². The Morgan fingerprint density at radius 3 is 2.75 bits per heavy atom. The standard InChI is InChI=1S/C16H22N4/c1-13-10-17-16(18-13)12-20-9-8-19(2)15(11-20)14-6-4-3-5-7-14/h3-7,10,15H,8-9,11-12H2,1-2H3,(H,17,18). The Balaban J connectivity index is 1.70. The lowest BCUT2D eigenvalue weighted by Crippen LogP contribution is -2.46. The molecule has 0 bridgehead atoms. The highest BCUT2D eigenvalue weighted by Crippen LogP contribution is 2.24. The van der Waals surface area contributed by atoms with E-state index in [4.69, 9.17) is 0 Å². The van der Waals surface area contributed by atoms with E-state index in [1.807, 2.05) is 13.1 Å². The predicted octanol–water partition coefficient (Wildman–Crippen LogP) is 2.21. The normalized spacial score (nSPS) is 21.2. The molecule has 0 aliphatic carbocycles. The SMILES string of the molecule is Cc1cnc(CN2CCN(C)C(c3ccccc3)C2)[nH]1. The fourth-order valence-corrected chi connectivity index (χ4v) is 2.87. The molecule has 20 heavy (non-hydrogen) atoms. The van der Waals surface area contributed by atoms with E-state index in [2.05, 4.69) is 57.1 Å². The van der Waals surface area contributed by atoms with Gasteiger partial charge in [-0.1, -0.05) is 30.3 Å². The molecule has 1 aromatic carbocycles. The number of H-pyrrole nitrogens is 1. The number of rotatable bonds is 3. The van der Waals surface area contributed by atoms with Crippen molar-refractivity contribution in [1.82, 2.24) is 19.8 Å². The number of nitrogens with zero attached hydrogens (tertiary/aromatic N) is 3. The van der Waals surface area contributed by atoms with E-state index in [9.17, 15) is 0 Å². The topological polar surface area (TPSA) is 35.2 Å². The van der Waals surface area contributed by atoms with Crippen molar-refractivity contribution in [2.24, 2.45) is 0 Å². The van der Waals surface area contributed by atoms with Gasteiger partial charge >= 0.3 is 0 Å². The molecule has 106 valence electrons. The van der Waals surface area contributed by atoms with Gasteiger partial charge in [0.05, 0.1) is 6.54 Å². The predicted molar refractivity (Wildman–Crippen MR) is 80.4 cm³/mol. The third-order valence-corrected chi connectivity index (χ3v) is 4.05. The Labute approximate surface area is 120 Å². The molecule has 1 aliphatic rings. The summed E-state index contributed by atoms with van der Waals surface area (Å²) < 4.78 is 0. The summed E-state index contributed by atoms with van der Waals surface area (Å²) >= 11 is 0. The maximum absolute atomic E-state index is 4.42. The van der Waals surface area contributed by atoms with Crippen LogP contribution >= 0.6 is 0 Å². The van der Waals surface area contributed by atoms with Gasteiger partial charge in [-0.3, -0.25) is 9.80 Å². The molecule has 1 saturated heterocycles.